The van der Waals surface area contributed by atoms with Crippen LogP contribution < -0.4 is 5.32 Å². The highest BCUT2D eigenvalue weighted by atomic mass is 15.2. The average molecular weight is 249 g/mol. The van der Waals surface area contributed by atoms with E-state index in [1.54, 1.807) is 0 Å². The minimum Gasteiger partial charge on any atom is -0.314 e. The van der Waals surface area contributed by atoms with Crippen LogP contribution in [0.15, 0.2) is 12.3 Å². The summed E-state index contributed by atoms with van der Waals surface area (Å²) in [6.07, 6.45) is 11.3. The van der Waals surface area contributed by atoms with E-state index in [4.69, 9.17) is 0 Å². The molecule has 0 amide bonds. The zero-order valence-electron chi connectivity index (χ0n) is 11.9. The summed E-state index contributed by atoms with van der Waals surface area (Å²) in [6.45, 7) is 3.40. The summed E-state index contributed by atoms with van der Waals surface area (Å²) in [5.74, 6) is 0.903. The topological polar surface area (TPSA) is 29.9 Å². The molecule has 0 aromatic carbocycles. The first-order valence-electron chi connectivity index (χ1n) is 7.51. The first kappa shape index (κ1) is 13.6. The molecular weight excluding hydrogens is 222 g/mol. The van der Waals surface area contributed by atoms with E-state index < -0.39 is 0 Å². The van der Waals surface area contributed by atoms with Crippen LogP contribution in [0.5, 0.6) is 0 Å². The molecule has 18 heavy (non-hydrogen) atoms. The number of hydrogen-bond donors (Lipinski definition) is 1. The smallest absolute Gasteiger partial charge is 0.0625 e. The normalized spacial score (nSPS) is 18.3. The van der Waals surface area contributed by atoms with Gasteiger partial charge in [-0.05, 0) is 50.6 Å². The van der Waals surface area contributed by atoms with Gasteiger partial charge >= 0.3 is 0 Å². The summed E-state index contributed by atoms with van der Waals surface area (Å²) in [7, 11) is 1.99. The van der Waals surface area contributed by atoms with Gasteiger partial charge in [0.25, 0.3) is 0 Å². The minimum absolute atomic E-state index is 0.703. The predicted octanol–water partition coefficient (Wildman–Crippen LogP) is 2.91. The van der Waals surface area contributed by atoms with Crippen molar-refractivity contribution >= 4 is 0 Å². The van der Waals surface area contributed by atoms with E-state index in [0.717, 1.165) is 18.9 Å². The molecule has 1 fully saturated rings. The molecule has 1 saturated carbocycles. The molecule has 0 bridgehead atoms. The van der Waals surface area contributed by atoms with E-state index in [-0.39, 0.29) is 0 Å². The van der Waals surface area contributed by atoms with Crippen molar-refractivity contribution < 1.29 is 0 Å². The fourth-order valence-corrected chi connectivity index (χ4v) is 3.09. The van der Waals surface area contributed by atoms with E-state index in [1.165, 1.54) is 44.2 Å². The largest absolute Gasteiger partial charge is 0.314 e. The molecule has 1 aliphatic carbocycles. The molecule has 3 heteroatoms. The van der Waals surface area contributed by atoms with Crippen LogP contribution in [0.2, 0.25) is 0 Å². The highest BCUT2D eigenvalue weighted by Gasteiger charge is 2.24. The molecule has 1 aromatic rings. The molecule has 0 radical (unpaired) electrons. The Hall–Kier alpha value is -0.830. The molecule has 0 spiro atoms. The second-order valence-corrected chi connectivity index (χ2v) is 5.62. The number of aromatic nitrogens is 2. The third kappa shape index (κ3) is 3.84. The zero-order chi connectivity index (χ0) is 12.8. The number of rotatable bonds is 7. The number of hydrogen-bond acceptors (Lipinski definition) is 2. The third-order valence-electron chi connectivity index (χ3n) is 4.11. The van der Waals surface area contributed by atoms with Gasteiger partial charge in [-0.15, -0.1) is 0 Å². The number of nitrogens with one attached hydrogen (secondary N) is 1. The van der Waals surface area contributed by atoms with Crippen molar-refractivity contribution in [1.82, 2.24) is 15.1 Å². The van der Waals surface area contributed by atoms with Crippen LogP contribution in [0.4, 0.5) is 0 Å². The quantitative estimate of drug-likeness (QED) is 0.805. The first-order valence-corrected chi connectivity index (χ1v) is 7.51. The summed E-state index contributed by atoms with van der Waals surface area (Å²) < 4.78 is 1.90. The van der Waals surface area contributed by atoms with Crippen molar-refractivity contribution in [2.75, 3.05) is 6.54 Å². The molecule has 0 saturated heterocycles. The van der Waals surface area contributed by atoms with Gasteiger partial charge in [0.15, 0.2) is 0 Å². The average Bonchev–Trinajstić information content (AvgIpc) is 3.01. The summed E-state index contributed by atoms with van der Waals surface area (Å²) in [5.41, 5.74) is 1.23. The van der Waals surface area contributed by atoms with E-state index >= 15 is 0 Å². The number of nitrogens with zero attached hydrogens (tertiary/aromatic N) is 2. The Balaban J connectivity index is 1.83. The van der Waals surface area contributed by atoms with Crippen LogP contribution in [-0.4, -0.2) is 22.4 Å². The molecule has 1 unspecified atom stereocenters. The van der Waals surface area contributed by atoms with Gasteiger partial charge in [-0.2, -0.15) is 5.10 Å². The Labute approximate surface area is 111 Å². The van der Waals surface area contributed by atoms with Crippen molar-refractivity contribution in [3.05, 3.63) is 18.0 Å². The van der Waals surface area contributed by atoms with Crippen LogP contribution in [0, 0.1) is 5.92 Å². The summed E-state index contributed by atoms with van der Waals surface area (Å²) in [6, 6.07) is 2.85. The highest BCUT2D eigenvalue weighted by molar-refractivity contribution is 4.99. The lowest BCUT2D eigenvalue weighted by atomic mass is 9.93. The molecule has 0 aliphatic heterocycles. The molecule has 1 aliphatic rings. The Morgan fingerprint density at radius 3 is 2.83 bits per heavy atom. The monoisotopic (exact) mass is 249 g/mol. The standard InChI is InChI=1S/C15H27N3/c1-3-11-16-15(13-6-4-5-7-13)9-8-14-10-12-18(2)17-14/h10,12-13,15-16H,3-9,11H2,1-2H3. The van der Waals surface area contributed by atoms with Gasteiger partial charge in [0.2, 0.25) is 0 Å². The van der Waals surface area contributed by atoms with Gasteiger partial charge in [0.1, 0.15) is 0 Å². The predicted molar refractivity (Wildman–Crippen MR) is 75.6 cm³/mol. The lowest BCUT2D eigenvalue weighted by molar-refractivity contribution is 0.340. The maximum absolute atomic E-state index is 4.48. The van der Waals surface area contributed by atoms with Crippen LogP contribution in [0.1, 0.15) is 51.1 Å². The van der Waals surface area contributed by atoms with Crippen molar-refractivity contribution in [3.63, 3.8) is 0 Å². The van der Waals surface area contributed by atoms with E-state index in [2.05, 4.69) is 23.4 Å². The molecule has 102 valence electrons. The molecule has 1 N–H and O–H groups in total. The molecule has 1 heterocycles. The van der Waals surface area contributed by atoms with Crippen molar-refractivity contribution in [3.8, 4) is 0 Å². The van der Waals surface area contributed by atoms with Gasteiger partial charge in [-0.1, -0.05) is 19.8 Å². The lowest BCUT2D eigenvalue weighted by Crippen LogP contribution is -2.36. The van der Waals surface area contributed by atoms with E-state index in [9.17, 15) is 0 Å². The summed E-state index contributed by atoms with van der Waals surface area (Å²) >= 11 is 0. The van der Waals surface area contributed by atoms with Crippen LogP contribution in [0.3, 0.4) is 0 Å². The second kappa shape index (κ2) is 6.93. The Morgan fingerprint density at radius 1 is 1.44 bits per heavy atom. The first-order chi connectivity index (χ1) is 8.79. The number of aryl methyl sites for hydroxylation is 2. The van der Waals surface area contributed by atoms with Crippen molar-refractivity contribution in [2.24, 2.45) is 13.0 Å². The van der Waals surface area contributed by atoms with E-state index in [1.807, 2.05) is 17.9 Å². The van der Waals surface area contributed by atoms with Crippen LogP contribution in [-0.2, 0) is 13.5 Å². The fraction of sp³-hybridized carbons (Fsp3) is 0.800. The van der Waals surface area contributed by atoms with Gasteiger partial charge in [-0.25, -0.2) is 0 Å². The molecular formula is C15H27N3. The fourth-order valence-electron chi connectivity index (χ4n) is 3.09. The Morgan fingerprint density at radius 2 is 2.22 bits per heavy atom. The molecule has 3 nitrogen and oxygen atoms in total. The highest BCUT2D eigenvalue weighted by Crippen LogP contribution is 2.29. The maximum atomic E-state index is 4.48. The summed E-state index contributed by atoms with van der Waals surface area (Å²) in [5, 5.41) is 8.23. The molecule has 1 atom stereocenters. The van der Waals surface area contributed by atoms with Crippen molar-refractivity contribution in [2.45, 2.75) is 57.9 Å². The van der Waals surface area contributed by atoms with Gasteiger partial charge in [-0.3, -0.25) is 4.68 Å². The van der Waals surface area contributed by atoms with Gasteiger partial charge < -0.3 is 5.32 Å². The second-order valence-electron chi connectivity index (χ2n) is 5.62. The maximum Gasteiger partial charge on any atom is 0.0625 e. The third-order valence-corrected chi connectivity index (χ3v) is 4.11. The Bertz CT molecular complexity index is 339. The van der Waals surface area contributed by atoms with Gasteiger partial charge in [0.05, 0.1) is 5.69 Å². The van der Waals surface area contributed by atoms with Gasteiger partial charge in [0, 0.05) is 19.3 Å². The van der Waals surface area contributed by atoms with E-state index in [0.29, 0.717) is 6.04 Å². The SMILES string of the molecule is CCCNC(CCc1ccn(C)n1)C1CCCC1. The zero-order valence-corrected chi connectivity index (χ0v) is 11.9. The van der Waals surface area contributed by atoms with Crippen molar-refractivity contribution in [1.29, 1.82) is 0 Å². The summed E-state index contributed by atoms with van der Waals surface area (Å²) in [4.78, 5) is 0. The van der Waals surface area contributed by atoms with Crippen LogP contribution >= 0.6 is 0 Å². The minimum atomic E-state index is 0.703. The molecule has 2 rings (SSSR count). The Kier molecular flexibility index (Phi) is 5.24. The van der Waals surface area contributed by atoms with Crippen LogP contribution in [0.25, 0.3) is 0 Å². The molecule has 1 aromatic heterocycles. The lowest BCUT2D eigenvalue weighted by Gasteiger charge is -2.24.